The minimum absolute atomic E-state index is 0.244. The Balaban J connectivity index is 1.55. The van der Waals surface area contributed by atoms with Crippen molar-refractivity contribution in [1.82, 2.24) is 20.2 Å². The van der Waals surface area contributed by atoms with E-state index in [1.807, 2.05) is 18.2 Å². The molecule has 2 heterocycles. The standard InChI is InChI=1S/C23H30N6O2S/c1-15(2)29(16(3)4)12-11-25-22(31)19-14-32-23(27-19)28-21(30)17-7-5-8-18(13-17)26-20-9-6-10-24-20/h5-7,9-10,13-16,24H,8,11-12H2,1-4H3,(H,25,31)(H,27,28,30). The first-order chi connectivity index (χ1) is 15.3. The number of H-pyrrole nitrogens is 1. The van der Waals surface area contributed by atoms with Crippen LogP contribution in [-0.2, 0) is 4.79 Å². The molecule has 0 saturated heterocycles. The third-order valence-corrected chi connectivity index (χ3v) is 5.75. The van der Waals surface area contributed by atoms with Gasteiger partial charge in [-0.05, 0) is 45.9 Å². The molecule has 0 radical (unpaired) electrons. The highest BCUT2D eigenvalue weighted by Crippen LogP contribution is 2.19. The first-order valence-corrected chi connectivity index (χ1v) is 11.6. The highest BCUT2D eigenvalue weighted by molar-refractivity contribution is 7.14. The minimum Gasteiger partial charge on any atom is -0.349 e. The van der Waals surface area contributed by atoms with Crippen molar-refractivity contribution in [3.8, 4) is 0 Å². The molecule has 0 aromatic carbocycles. The molecule has 1 aliphatic carbocycles. The number of aromatic amines is 1. The summed E-state index contributed by atoms with van der Waals surface area (Å²) in [7, 11) is 0. The number of thiazole rings is 1. The fourth-order valence-electron chi connectivity index (χ4n) is 3.46. The zero-order chi connectivity index (χ0) is 23.1. The van der Waals surface area contributed by atoms with Crippen molar-refractivity contribution in [2.45, 2.75) is 46.2 Å². The topological polar surface area (TPSA) is 102 Å². The van der Waals surface area contributed by atoms with Crippen molar-refractivity contribution < 1.29 is 9.59 Å². The van der Waals surface area contributed by atoms with Gasteiger partial charge in [-0.15, -0.1) is 11.3 Å². The van der Waals surface area contributed by atoms with E-state index in [0.29, 0.717) is 41.4 Å². The summed E-state index contributed by atoms with van der Waals surface area (Å²) in [6.45, 7) is 9.87. The summed E-state index contributed by atoms with van der Waals surface area (Å²) in [5, 5.41) is 7.71. The second kappa shape index (κ2) is 11.0. The molecule has 0 spiro atoms. The van der Waals surface area contributed by atoms with Crippen LogP contribution in [0, 0.1) is 0 Å². The maximum absolute atomic E-state index is 12.6. The van der Waals surface area contributed by atoms with E-state index in [2.05, 4.69) is 58.2 Å². The molecule has 2 aromatic heterocycles. The number of nitrogens with zero attached hydrogens (tertiary/aromatic N) is 3. The van der Waals surface area contributed by atoms with Gasteiger partial charge in [0, 0.05) is 54.5 Å². The molecule has 3 N–H and O–H groups in total. The van der Waals surface area contributed by atoms with E-state index in [1.54, 1.807) is 23.7 Å². The van der Waals surface area contributed by atoms with Gasteiger partial charge in [-0.1, -0.05) is 12.2 Å². The molecule has 0 unspecified atom stereocenters. The second-order valence-corrected chi connectivity index (χ2v) is 8.90. The number of hydrogen-bond donors (Lipinski definition) is 3. The lowest BCUT2D eigenvalue weighted by Gasteiger charge is -2.30. The van der Waals surface area contributed by atoms with Crippen LogP contribution in [0.3, 0.4) is 0 Å². The predicted molar refractivity (Wildman–Crippen MR) is 130 cm³/mol. The van der Waals surface area contributed by atoms with Gasteiger partial charge in [0.05, 0.1) is 0 Å². The Morgan fingerprint density at radius 1 is 1.25 bits per heavy atom. The zero-order valence-electron chi connectivity index (χ0n) is 18.9. The number of allylic oxidation sites excluding steroid dienone is 2. The van der Waals surface area contributed by atoms with E-state index in [4.69, 9.17) is 0 Å². The Morgan fingerprint density at radius 3 is 2.72 bits per heavy atom. The Hall–Kier alpha value is -3.04. The lowest BCUT2D eigenvalue weighted by Crippen LogP contribution is -2.42. The molecule has 1 aliphatic rings. The summed E-state index contributed by atoms with van der Waals surface area (Å²) >= 11 is 1.22. The fraction of sp³-hybridized carbons (Fsp3) is 0.391. The molecule has 0 atom stereocenters. The van der Waals surface area contributed by atoms with Crippen molar-refractivity contribution in [3.63, 3.8) is 0 Å². The van der Waals surface area contributed by atoms with Gasteiger partial charge in [-0.3, -0.25) is 19.8 Å². The molecule has 32 heavy (non-hydrogen) atoms. The molecule has 8 nitrogen and oxygen atoms in total. The molecule has 0 aliphatic heterocycles. The summed E-state index contributed by atoms with van der Waals surface area (Å²) in [6.07, 6.45) is 7.87. The SMILES string of the molecule is CC(C)N(CCNC(=O)c1csc(NC(=O)C2=CC(=Nc3ccc[nH]3)CC=C2)n1)C(C)C. The van der Waals surface area contributed by atoms with Gasteiger partial charge in [-0.2, -0.15) is 0 Å². The predicted octanol–water partition coefficient (Wildman–Crippen LogP) is 3.92. The lowest BCUT2D eigenvalue weighted by molar-refractivity contribution is -0.112. The molecule has 0 saturated carbocycles. The first-order valence-electron chi connectivity index (χ1n) is 10.7. The van der Waals surface area contributed by atoms with Gasteiger partial charge in [-0.25, -0.2) is 9.98 Å². The number of carbonyl (C=O) groups excluding carboxylic acids is 2. The van der Waals surface area contributed by atoms with Crippen LogP contribution in [0.15, 0.2) is 52.5 Å². The smallest absolute Gasteiger partial charge is 0.270 e. The van der Waals surface area contributed by atoms with Crippen LogP contribution in [0.25, 0.3) is 0 Å². The number of nitrogens with one attached hydrogen (secondary N) is 3. The second-order valence-electron chi connectivity index (χ2n) is 8.04. The van der Waals surface area contributed by atoms with Crippen LogP contribution < -0.4 is 10.6 Å². The third-order valence-electron chi connectivity index (χ3n) is 4.99. The van der Waals surface area contributed by atoms with Crippen LogP contribution in [0.4, 0.5) is 10.9 Å². The van der Waals surface area contributed by atoms with Crippen molar-refractivity contribution >= 4 is 39.8 Å². The monoisotopic (exact) mass is 454 g/mol. The van der Waals surface area contributed by atoms with Gasteiger partial charge in [0.15, 0.2) is 5.13 Å². The van der Waals surface area contributed by atoms with Crippen LogP contribution in [0.5, 0.6) is 0 Å². The minimum atomic E-state index is -0.286. The first kappa shape index (κ1) is 23.6. The van der Waals surface area contributed by atoms with Gasteiger partial charge in [0.2, 0.25) is 0 Å². The van der Waals surface area contributed by atoms with Gasteiger partial charge < -0.3 is 10.3 Å². The summed E-state index contributed by atoms with van der Waals surface area (Å²) in [4.78, 5) is 39.2. The van der Waals surface area contributed by atoms with E-state index in [9.17, 15) is 9.59 Å². The fourth-order valence-corrected chi connectivity index (χ4v) is 4.15. The van der Waals surface area contributed by atoms with Gasteiger partial charge in [0.25, 0.3) is 11.8 Å². The van der Waals surface area contributed by atoms with E-state index in [1.165, 1.54) is 11.3 Å². The highest BCUT2D eigenvalue weighted by Gasteiger charge is 2.17. The van der Waals surface area contributed by atoms with E-state index >= 15 is 0 Å². The largest absolute Gasteiger partial charge is 0.349 e. The Morgan fingerprint density at radius 2 is 2.03 bits per heavy atom. The van der Waals surface area contributed by atoms with Crippen molar-refractivity contribution in [2.24, 2.45) is 4.99 Å². The van der Waals surface area contributed by atoms with E-state index in [0.717, 1.165) is 18.1 Å². The zero-order valence-corrected chi connectivity index (χ0v) is 19.7. The van der Waals surface area contributed by atoms with Crippen molar-refractivity contribution in [2.75, 3.05) is 18.4 Å². The average Bonchev–Trinajstić information content (AvgIpc) is 3.43. The quantitative estimate of drug-likeness (QED) is 0.534. The summed E-state index contributed by atoms with van der Waals surface area (Å²) in [6, 6.07) is 4.55. The van der Waals surface area contributed by atoms with Crippen LogP contribution in [0.1, 0.15) is 44.6 Å². The van der Waals surface area contributed by atoms with Crippen molar-refractivity contribution in [3.05, 3.63) is 53.2 Å². The maximum atomic E-state index is 12.6. The molecule has 170 valence electrons. The highest BCUT2D eigenvalue weighted by atomic mass is 32.1. The normalized spacial score (nSPS) is 15.0. The summed E-state index contributed by atoms with van der Waals surface area (Å²) in [5.74, 6) is 0.212. The van der Waals surface area contributed by atoms with Gasteiger partial charge in [0.1, 0.15) is 11.5 Å². The number of aliphatic imine (C=N–C) groups is 1. The molecular weight excluding hydrogens is 424 g/mol. The number of anilines is 1. The lowest BCUT2D eigenvalue weighted by atomic mass is 10.0. The number of rotatable bonds is 9. The number of amides is 2. The molecule has 0 fully saturated rings. The third kappa shape index (κ3) is 6.48. The molecule has 2 amide bonds. The molecule has 3 rings (SSSR count). The van der Waals surface area contributed by atoms with Crippen molar-refractivity contribution in [1.29, 1.82) is 0 Å². The number of hydrogen-bond acceptors (Lipinski definition) is 6. The molecule has 2 aromatic rings. The molecule has 0 bridgehead atoms. The van der Waals surface area contributed by atoms with Crippen LogP contribution >= 0.6 is 11.3 Å². The van der Waals surface area contributed by atoms with Crippen LogP contribution in [-0.4, -0.2) is 57.6 Å². The Labute approximate surface area is 192 Å². The van der Waals surface area contributed by atoms with E-state index < -0.39 is 0 Å². The Bertz CT molecular complexity index is 1010. The van der Waals surface area contributed by atoms with E-state index in [-0.39, 0.29) is 11.8 Å². The number of aromatic nitrogens is 2. The van der Waals surface area contributed by atoms with Gasteiger partial charge >= 0.3 is 0 Å². The average molecular weight is 455 g/mol. The van der Waals surface area contributed by atoms with Crippen LogP contribution in [0.2, 0.25) is 0 Å². The summed E-state index contributed by atoms with van der Waals surface area (Å²) < 4.78 is 0. The number of carbonyl (C=O) groups is 2. The Kier molecular flexibility index (Phi) is 8.13. The molecule has 9 heteroatoms. The molecular formula is C23H30N6O2S. The summed E-state index contributed by atoms with van der Waals surface area (Å²) in [5.41, 5.74) is 1.58. The maximum Gasteiger partial charge on any atom is 0.270 e.